The molecule has 2 rings (SSSR count). The Morgan fingerprint density at radius 3 is 2.62 bits per heavy atom. The molecule has 0 bridgehead atoms. The number of hydrogen-bond acceptors (Lipinski definition) is 4. The maximum atomic E-state index is 11.4. The van der Waals surface area contributed by atoms with E-state index in [1.54, 1.807) is 7.11 Å². The van der Waals surface area contributed by atoms with Crippen LogP contribution in [-0.2, 0) is 11.2 Å². The average molecular weight is 236 g/mol. The Hall–Kier alpha value is -1.49. The monoisotopic (exact) mass is 236 g/mol. The standard InChI is InChI=1S/C11H12N2O2S/c1-15-8-4-2-7(3-5-8)6-9-10(14)13-11(12)16-9/h2-5,9H,6H2,1H3,(H2,12,13,14)/t9-/m0/s1. The first kappa shape index (κ1) is 11.0. The second-order valence-corrected chi connectivity index (χ2v) is 4.67. The fourth-order valence-electron chi connectivity index (χ4n) is 1.51. The lowest BCUT2D eigenvalue weighted by molar-refractivity contribution is -0.117. The average Bonchev–Trinajstić information content (AvgIpc) is 2.59. The zero-order chi connectivity index (χ0) is 11.5. The van der Waals surface area contributed by atoms with E-state index < -0.39 is 0 Å². The fourth-order valence-corrected chi connectivity index (χ4v) is 2.37. The summed E-state index contributed by atoms with van der Waals surface area (Å²) in [4.78, 5) is 15.1. The molecule has 0 fully saturated rings. The lowest BCUT2D eigenvalue weighted by atomic mass is 10.1. The van der Waals surface area contributed by atoms with Crippen LogP contribution in [0.5, 0.6) is 5.75 Å². The van der Waals surface area contributed by atoms with Gasteiger partial charge in [-0.2, -0.15) is 4.99 Å². The number of rotatable bonds is 3. The summed E-state index contributed by atoms with van der Waals surface area (Å²) in [6, 6.07) is 7.65. The van der Waals surface area contributed by atoms with Crippen LogP contribution in [0.3, 0.4) is 0 Å². The first-order valence-corrected chi connectivity index (χ1v) is 5.74. The molecule has 16 heavy (non-hydrogen) atoms. The number of amidine groups is 1. The summed E-state index contributed by atoms with van der Waals surface area (Å²) in [6.07, 6.45) is 0.650. The molecule has 1 amide bonds. The van der Waals surface area contributed by atoms with E-state index in [0.29, 0.717) is 11.6 Å². The molecular formula is C11H12N2O2S. The van der Waals surface area contributed by atoms with Crippen molar-refractivity contribution in [3.05, 3.63) is 29.8 Å². The molecule has 84 valence electrons. The SMILES string of the molecule is COc1ccc(C[C@@H]2SC(N)=NC2=O)cc1. The highest BCUT2D eigenvalue weighted by Gasteiger charge is 2.26. The van der Waals surface area contributed by atoms with E-state index in [1.807, 2.05) is 24.3 Å². The van der Waals surface area contributed by atoms with Crippen LogP contribution in [0.4, 0.5) is 0 Å². The summed E-state index contributed by atoms with van der Waals surface area (Å²) in [5.41, 5.74) is 6.57. The Balaban J connectivity index is 2.02. The smallest absolute Gasteiger partial charge is 0.261 e. The zero-order valence-electron chi connectivity index (χ0n) is 8.84. The fraction of sp³-hybridized carbons (Fsp3) is 0.273. The molecule has 0 aliphatic carbocycles. The first-order chi connectivity index (χ1) is 7.69. The minimum absolute atomic E-state index is 0.140. The Morgan fingerprint density at radius 1 is 1.44 bits per heavy atom. The third kappa shape index (κ3) is 2.36. The van der Waals surface area contributed by atoms with Crippen LogP contribution in [-0.4, -0.2) is 23.4 Å². The number of thioether (sulfide) groups is 1. The van der Waals surface area contributed by atoms with Gasteiger partial charge in [-0.3, -0.25) is 4.79 Å². The molecule has 1 aromatic carbocycles. The van der Waals surface area contributed by atoms with Crippen LogP contribution < -0.4 is 10.5 Å². The van der Waals surface area contributed by atoms with Crippen molar-refractivity contribution in [1.29, 1.82) is 0 Å². The van der Waals surface area contributed by atoms with Crippen molar-refractivity contribution >= 4 is 22.8 Å². The van der Waals surface area contributed by atoms with E-state index in [0.717, 1.165) is 11.3 Å². The number of amides is 1. The van der Waals surface area contributed by atoms with E-state index in [9.17, 15) is 4.79 Å². The van der Waals surface area contributed by atoms with E-state index in [1.165, 1.54) is 11.8 Å². The zero-order valence-corrected chi connectivity index (χ0v) is 9.66. The van der Waals surface area contributed by atoms with Crippen LogP contribution in [0, 0.1) is 0 Å². The van der Waals surface area contributed by atoms with E-state index >= 15 is 0 Å². The Kier molecular flexibility index (Phi) is 3.14. The van der Waals surface area contributed by atoms with Crippen LogP contribution in [0.2, 0.25) is 0 Å². The van der Waals surface area contributed by atoms with Crippen molar-refractivity contribution in [2.45, 2.75) is 11.7 Å². The number of carbonyl (C=O) groups is 1. The number of hydrogen-bond donors (Lipinski definition) is 1. The van der Waals surface area contributed by atoms with Crippen LogP contribution >= 0.6 is 11.8 Å². The van der Waals surface area contributed by atoms with Gasteiger partial charge in [-0.1, -0.05) is 23.9 Å². The van der Waals surface area contributed by atoms with Gasteiger partial charge in [0, 0.05) is 0 Å². The molecule has 0 saturated heterocycles. The number of methoxy groups -OCH3 is 1. The summed E-state index contributed by atoms with van der Waals surface area (Å²) >= 11 is 1.33. The second-order valence-electron chi connectivity index (χ2n) is 3.45. The topological polar surface area (TPSA) is 64.7 Å². The normalized spacial score (nSPS) is 19.7. The van der Waals surface area contributed by atoms with Crippen molar-refractivity contribution in [2.75, 3.05) is 7.11 Å². The van der Waals surface area contributed by atoms with Gasteiger partial charge in [0.1, 0.15) is 5.75 Å². The predicted molar refractivity (Wildman–Crippen MR) is 64.7 cm³/mol. The number of benzene rings is 1. The Labute approximate surface area is 97.9 Å². The van der Waals surface area contributed by atoms with E-state index in [4.69, 9.17) is 10.5 Å². The molecule has 5 heteroatoms. The highest BCUT2D eigenvalue weighted by molar-refractivity contribution is 8.15. The quantitative estimate of drug-likeness (QED) is 0.856. The number of nitrogens with zero attached hydrogens (tertiary/aromatic N) is 1. The molecular weight excluding hydrogens is 224 g/mol. The van der Waals surface area contributed by atoms with Gasteiger partial charge in [0.15, 0.2) is 5.17 Å². The lowest BCUT2D eigenvalue weighted by Gasteiger charge is -2.06. The number of ether oxygens (including phenoxy) is 1. The number of carbonyl (C=O) groups excluding carboxylic acids is 1. The molecule has 1 aliphatic rings. The Morgan fingerprint density at radius 2 is 2.12 bits per heavy atom. The van der Waals surface area contributed by atoms with Crippen molar-refractivity contribution in [1.82, 2.24) is 0 Å². The molecule has 1 atom stereocenters. The third-order valence-electron chi connectivity index (χ3n) is 2.34. The van der Waals surface area contributed by atoms with Crippen molar-refractivity contribution in [3.63, 3.8) is 0 Å². The summed E-state index contributed by atoms with van der Waals surface area (Å²) in [7, 11) is 1.62. The molecule has 0 unspecified atom stereocenters. The molecule has 1 aromatic rings. The van der Waals surface area contributed by atoms with Gasteiger partial charge in [-0.25, -0.2) is 0 Å². The van der Waals surface area contributed by atoms with Crippen molar-refractivity contribution < 1.29 is 9.53 Å². The van der Waals surface area contributed by atoms with Gasteiger partial charge in [-0.05, 0) is 24.1 Å². The van der Waals surface area contributed by atoms with Gasteiger partial charge in [0.25, 0.3) is 5.91 Å². The minimum atomic E-state index is -0.173. The summed E-state index contributed by atoms with van der Waals surface area (Å²) in [5.74, 6) is 0.670. The summed E-state index contributed by atoms with van der Waals surface area (Å²) in [6.45, 7) is 0. The first-order valence-electron chi connectivity index (χ1n) is 4.86. The summed E-state index contributed by atoms with van der Waals surface area (Å²) < 4.78 is 5.06. The van der Waals surface area contributed by atoms with E-state index in [-0.39, 0.29) is 11.2 Å². The highest BCUT2D eigenvalue weighted by Crippen LogP contribution is 2.24. The van der Waals surface area contributed by atoms with Gasteiger partial charge < -0.3 is 10.5 Å². The second kappa shape index (κ2) is 4.57. The minimum Gasteiger partial charge on any atom is -0.497 e. The molecule has 1 aliphatic heterocycles. The largest absolute Gasteiger partial charge is 0.497 e. The van der Waals surface area contributed by atoms with Gasteiger partial charge in [0.2, 0.25) is 0 Å². The maximum absolute atomic E-state index is 11.4. The number of nitrogens with two attached hydrogens (primary N) is 1. The molecule has 1 heterocycles. The van der Waals surface area contributed by atoms with E-state index in [2.05, 4.69) is 4.99 Å². The van der Waals surface area contributed by atoms with Crippen molar-refractivity contribution in [3.8, 4) is 5.75 Å². The Bertz CT molecular complexity index is 428. The lowest BCUT2D eigenvalue weighted by Crippen LogP contribution is -2.14. The molecule has 0 spiro atoms. The third-order valence-corrected chi connectivity index (χ3v) is 3.32. The van der Waals surface area contributed by atoms with Crippen LogP contribution in [0.1, 0.15) is 5.56 Å². The highest BCUT2D eigenvalue weighted by atomic mass is 32.2. The molecule has 0 radical (unpaired) electrons. The summed E-state index contributed by atoms with van der Waals surface area (Å²) in [5, 5.41) is 0.192. The molecule has 0 saturated carbocycles. The van der Waals surface area contributed by atoms with Gasteiger partial charge in [-0.15, -0.1) is 0 Å². The molecule has 2 N–H and O–H groups in total. The van der Waals surface area contributed by atoms with Crippen LogP contribution in [0.15, 0.2) is 29.3 Å². The van der Waals surface area contributed by atoms with Gasteiger partial charge >= 0.3 is 0 Å². The molecule has 4 nitrogen and oxygen atoms in total. The predicted octanol–water partition coefficient (Wildman–Crippen LogP) is 1.19. The van der Waals surface area contributed by atoms with Crippen LogP contribution in [0.25, 0.3) is 0 Å². The van der Waals surface area contributed by atoms with Crippen molar-refractivity contribution in [2.24, 2.45) is 10.7 Å². The molecule has 0 aromatic heterocycles. The number of aliphatic imine (C=N–C) groups is 1. The maximum Gasteiger partial charge on any atom is 0.261 e. The van der Waals surface area contributed by atoms with Gasteiger partial charge in [0.05, 0.1) is 12.4 Å².